The summed E-state index contributed by atoms with van der Waals surface area (Å²) in [6.45, 7) is 0. The number of nitrogens with zero attached hydrogens (tertiary/aromatic N) is 2. The summed E-state index contributed by atoms with van der Waals surface area (Å²) in [6.07, 6.45) is 0. The van der Waals surface area contributed by atoms with Crippen LogP contribution >= 0.6 is 0 Å². The molecule has 0 fully saturated rings. The fourth-order valence-electron chi connectivity index (χ4n) is 7.23. The number of rotatable bonds is 5. The van der Waals surface area contributed by atoms with Crippen LogP contribution in [-0.4, -0.2) is 4.57 Å². The minimum Gasteiger partial charge on any atom is -0.455 e. The topological polar surface area (TPSA) is 21.3 Å². The molecule has 0 saturated carbocycles. The smallest absolute Gasteiger partial charge is 0.143 e. The molecule has 0 aliphatic carbocycles. The Bertz CT molecular complexity index is 2970. The number of fused-ring (bicyclic) bond motifs is 8. The molecule has 0 radical (unpaired) electrons. The minimum absolute atomic E-state index is 0.102. The molecular weight excluding hydrogens is 597 g/mol. The van der Waals surface area contributed by atoms with Crippen LogP contribution in [0.1, 0.15) is 5.48 Å². The number of furan rings is 1. The van der Waals surface area contributed by atoms with Crippen LogP contribution in [-0.2, 0) is 0 Å². The van der Waals surface area contributed by atoms with Crippen molar-refractivity contribution in [3.63, 3.8) is 0 Å². The van der Waals surface area contributed by atoms with Gasteiger partial charge in [-0.2, -0.15) is 0 Å². The van der Waals surface area contributed by atoms with Crippen LogP contribution in [0.25, 0.3) is 71.3 Å². The molecule has 10 aromatic rings. The number of para-hydroxylation sites is 2. The molecule has 0 amide bonds. The number of hydrogen-bond donors (Lipinski definition) is 0. The first kappa shape index (κ1) is 23.7. The van der Waals surface area contributed by atoms with E-state index in [1.54, 1.807) is 0 Å². The van der Waals surface area contributed by atoms with E-state index in [4.69, 9.17) is 4.42 Å². The van der Waals surface area contributed by atoms with Gasteiger partial charge >= 0.3 is 0 Å². The van der Waals surface area contributed by atoms with Gasteiger partial charge in [-0.3, -0.25) is 0 Å². The minimum atomic E-state index is -0.133. The molecule has 2 aromatic heterocycles. The molecule has 0 saturated heterocycles. The highest BCUT2D eigenvalue weighted by molar-refractivity contribution is 6.19. The van der Waals surface area contributed by atoms with Gasteiger partial charge in [-0.1, -0.05) is 115 Å². The molecule has 230 valence electrons. The molecule has 3 heteroatoms. The maximum Gasteiger partial charge on any atom is 0.143 e. The van der Waals surface area contributed by atoms with Crippen molar-refractivity contribution in [1.82, 2.24) is 4.57 Å². The van der Waals surface area contributed by atoms with Gasteiger partial charge in [0.25, 0.3) is 0 Å². The summed E-state index contributed by atoms with van der Waals surface area (Å²) in [5.74, 6) is 0. The predicted molar refractivity (Wildman–Crippen MR) is 206 cm³/mol. The van der Waals surface area contributed by atoms with Crippen LogP contribution < -0.4 is 4.90 Å². The second kappa shape index (κ2) is 11.0. The first-order valence-corrected chi connectivity index (χ1v) is 16.4. The van der Waals surface area contributed by atoms with E-state index in [1.807, 2.05) is 77.7 Å². The number of benzene rings is 8. The molecule has 0 unspecified atom stereocenters. The molecule has 0 N–H and O–H groups in total. The number of anilines is 3. The van der Waals surface area contributed by atoms with Crippen molar-refractivity contribution in [1.29, 1.82) is 0 Å². The van der Waals surface area contributed by atoms with E-state index < -0.39 is 0 Å². The molecule has 2 heterocycles. The van der Waals surface area contributed by atoms with Gasteiger partial charge in [-0.05, 0) is 83.2 Å². The molecule has 8 aromatic carbocycles. The SMILES string of the molecule is [2H]c1c([2H])c(N(c2ccc(-n3c4ccccc4c4ccccc43)cc2)c2cccc3oc4c5ccccc5ccc4c23)c([2H])c([2H])c1-c1ccccc1. The fourth-order valence-corrected chi connectivity index (χ4v) is 7.23. The first-order valence-electron chi connectivity index (χ1n) is 18.4. The third-order valence-electron chi connectivity index (χ3n) is 9.45. The van der Waals surface area contributed by atoms with Crippen LogP contribution in [0.4, 0.5) is 17.1 Å². The monoisotopic (exact) mass is 630 g/mol. The van der Waals surface area contributed by atoms with E-state index >= 15 is 0 Å². The van der Waals surface area contributed by atoms with Crippen molar-refractivity contribution in [2.45, 2.75) is 0 Å². The van der Waals surface area contributed by atoms with Crippen molar-refractivity contribution in [2.75, 3.05) is 4.90 Å². The Hall–Kier alpha value is -6.58. The molecule has 10 rings (SSSR count). The highest BCUT2D eigenvalue weighted by Crippen LogP contribution is 2.45. The third-order valence-corrected chi connectivity index (χ3v) is 9.45. The van der Waals surface area contributed by atoms with Gasteiger partial charge in [0.05, 0.1) is 27.6 Å². The zero-order chi connectivity index (χ0) is 35.8. The van der Waals surface area contributed by atoms with E-state index in [1.165, 1.54) is 10.8 Å². The summed E-state index contributed by atoms with van der Waals surface area (Å²) in [6, 6.07) is 51.6. The summed E-state index contributed by atoms with van der Waals surface area (Å²) >= 11 is 0. The van der Waals surface area contributed by atoms with Crippen molar-refractivity contribution in [3.8, 4) is 16.8 Å². The van der Waals surface area contributed by atoms with Gasteiger partial charge in [-0.15, -0.1) is 0 Å². The van der Waals surface area contributed by atoms with E-state index in [-0.39, 0.29) is 35.4 Å². The maximum absolute atomic E-state index is 9.47. The molecule has 0 aliphatic heterocycles. The molecule has 0 aliphatic rings. The zero-order valence-electron chi connectivity index (χ0n) is 30.3. The molecule has 49 heavy (non-hydrogen) atoms. The highest BCUT2D eigenvalue weighted by atomic mass is 16.3. The Morgan fingerprint density at radius 1 is 0.469 bits per heavy atom. The lowest BCUT2D eigenvalue weighted by Gasteiger charge is -2.27. The standard InChI is InChI=1S/C46H30N2O/c1-2-11-31(12-3-1)32-21-24-34(25-22-32)47(43-19-10-20-44-45(43)40-30-23-33-13-4-5-14-37(33)46(40)49-44)35-26-28-36(29-27-35)48-41-17-8-6-15-38(41)39-16-7-9-18-42(39)48/h1-30H/i21D,22D,24D,25D. The van der Waals surface area contributed by atoms with Crippen LogP contribution in [0, 0.1) is 0 Å². The van der Waals surface area contributed by atoms with Crippen molar-refractivity contribution in [2.24, 2.45) is 0 Å². The predicted octanol–water partition coefficient (Wildman–Crippen LogP) is 13.0. The van der Waals surface area contributed by atoms with Crippen LogP contribution in [0.5, 0.6) is 0 Å². The number of hydrogen-bond acceptors (Lipinski definition) is 2. The van der Waals surface area contributed by atoms with Crippen molar-refractivity contribution in [3.05, 3.63) is 182 Å². The Morgan fingerprint density at radius 3 is 1.86 bits per heavy atom. The van der Waals surface area contributed by atoms with E-state index in [2.05, 4.69) is 89.5 Å². The van der Waals surface area contributed by atoms with Crippen molar-refractivity contribution < 1.29 is 9.90 Å². The average molecular weight is 631 g/mol. The van der Waals surface area contributed by atoms with Gasteiger partial charge in [0, 0.05) is 38.6 Å². The Morgan fingerprint density at radius 2 is 1.12 bits per heavy atom. The van der Waals surface area contributed by atoms with Gasteiger partial charge in [0.1, 0.15) is 11.2 Å². The van der Waals surface area contributed by atoms with E-state index in [9.17, 15) is 5.48 Å². The third kappa shape index (κ3) is 4.37. The molecule has 0 bridgehead atoms. The second-order valence-corrected chi connectivity index (χ2v) is 12.2. The summed E-state index contributed by atoms with van der Waals surface area (Å²) in [4.78, 5) is 1.86. The lowest BCUT2D eigenvalue weighted by Crippen LogP contribution is -2.10. The Kier molecular flexibility index (Phi) is 5.32. The molecular formula is C46H30N2O. The second-order valence-electron chi connectivity index (χ2n) is 12.2. The number of aromatic nitrogens is 1. The fraction of sp³-hybridized carbons (Fsp3) is 0. The first-order chi connectivity index (χ1) is 26.0. The van der Waals surface area contributed by atoms with Crippen LogP contribution in [0.15, 0.2) is 186 Å². The van der Waals surface area contributed by atoms with Gasteiger partial charge < -0.3 is 13.9 Å². The van der Waals surface area contributed by atoms with Crippen LogP contribution in [0.2, 0.25) is 0 Å². The van der Waals surface area contributed by atoms with E-state index in [0.29, 0.717) is 22.5 Å². The largest absolute Gasteiger partial charge is 0.455 e. The van der Waals surface area contributed by atoms with Crippen LogP contribution in [0.3, 0.4) is 0 Å². The summed E-state index contributed by atoms with van der Waals surface area (Å²) in [5, 5.41) is 6.12. The Balaban J connectivity index is 1.24. The Labute approximate surface area is 289 Å². The van der Waals surface area contributed by atoms with Gasteiger partial charge in [0.2, 0.25) is 0 Å². The lowest BCUT2D eigenvalue weighted by molar-refractivity contribution is 0.672. The average Bonchev–Trinajstić information content (AvgIpc) is 3.76. The molecule has 0 spiro atoms. The van der Waals surface area contributed by atoms with Gasteiger partial charge in [0.15, 0.2) is 0 Å². The highest BCUT2D eigenvalue weighted by Gasteiger charge is 2.21. The lowest BCUT2D eigenvalue weighted by atomic mass is 10.0. The maximum atomic E-state index is 9.47. The quantitative estimate of drug-likeness (QED) is 0.189. The molecule has 0 atom stereocenters. The van der Waals surface area contributed by atoms with E-state index in [0.717, 1.165) is 43.8 Å². The summed E-state index contributed by atoms with van der Waals surface area (Å²) < 4.78 is 46.2. The normalized spacial score (nSPS) is 12.8. The zero-order valence-corrected chi connectivity index (χ0v) is 26.3. The molecule has 3 nitrogen and oxygen atoms in total. The summed E-state index contributed by atoms with van der Waals surface area (Å²) in [5.41, 5.74) is 7.00. The summed E-state index contributed by atoms with van der Waals surface area (Å²) in [7, 11) is 0. The van der Waals surface area contributed by atoms with Gasteiger partial charge in [-0.25, -0.2) is 0 Å². The van der Waals surface area contributed by atoms with Crippen molar-refractivity contribution >= 4 is 71.6 Å².